The molecule has 0 heterocycles. The Morgan fingerprint density at radius 1 is 1.50 bits per heavy atom. The first-order chi connectivity index (χ1) is 7.50. The molecule has 1 unspecified atom stereocenters. The number of rotatable bonds is 7. The molecule has 0 amide bonds. The second-order valence-electron chi connectivity index (χ2n) is 5.43. The molecule has 0 bridgehead atoms. The van der Waals surface area contributed by atoms with Crippen LogP contribution < -0.4 is 5.32 Å². The largest absolute Gasteiger partial charge is 0.298 e. The zero-order valence-electron chi connectivity index (χ0n) is 11.1. The lowest BCUT2D eigenvalue weighted by Gasteiger charge is -2.34. The predicted molar refractivity (Wildman–Crippen MR) is 67.2 cm³/mol. The lowest BCUT2D eigenvalue weighted by Crippen LogP contribution is -2.53. The predicted octanol–water partition coefficient (Wildman–Crippen LogP) is 2.14. The molecule has 1 aliphatic rings. The lowest BCUT2D eigenvalue weighted by molar-refractivity contribution is 0.179. The third kappa shape index (κ3) is 4.11. The maximum Gasteiger partial charge on any atom is 0.116 e. The second-order valence-corrected chi connectivity index (χ2v) is 5.43. The van der Waals surface area contributed by atoms with E-state index in [1.807, 2.05) is 6.92 Å². The van der Waals surface area contributed by atoms with Crippen LogP contribution in [-0.2, 0) is 0 Å². The van der Waals surface area contributed by atoms with Crippen LogP contribution in [0.1, 0.15) is 47.0 Å². The minimum Gasteiger partial charge on any atom is -0.298 e. The molecule has 3 heteroatoms. The van der Waals surface area contributed by atoms with Gasteiger partial charge in [0.25, 0.3) is 0 Å². The molecule has 0 radical (unpaired) electrons. The van der Waals surface area contributed by atoms with Crippen LogP contribution in [0.15, 0.2) is 0 Å². The minimum atomic E-state index is -0.388. The Morgan fingerprint density at radius 3 is 2.50 bits per heavy atom. The van der Waals surface area contributed by atoms with Crippen LogP contribution >= 0.6 is 0 Å². The molecule has 3 nitrogen and oxygen atoms in total. The van der Waals surface area contributed by atoms with Crippen molar-refractivity contribution in [3.63, 3.8) is 0 Å². The normalized spacial score (nSPS) is 19.8. The quantitative estimate of drug-likeness (QED) is 0.718. The first-order valence-electron chi connectivity index (χ1n) is 6.43. The van der Waals surface area contributed by atoms with Gasteiger partial charge in [-0.15, -0.1) is 0 Å². The van der Waals surface area contributed by atoms with E-state index in [-0.39, 0.29) is 5.54 Å². The zero-order chi connectivity index (χ0) is 12.2. The van der Waals surface area contributed by atoms with Gasteiger partial charge in [0.2, 0.25) is 0 Å². The Hall–Kier alpha value is -0.590. The standard InChI is InChI=1S/C13H25N3/c1-5-8-16(11(2)3)10-13(4,9-14)15-12-6-7-12/h11-12,15H,5-8,10H2,1-4H3. The van der Waals surface area contributed by atoms with Crippen LogP contribution in [0.25, 0.3) is 0 Å². The maximum absolute atomic E-state index is 9.32. The van der Waals surface area contributed by atoms with Crippen LogP contribution in [0.2, 0.25) is 0 Å². The summed E-state index contributed by atoms with van der Waals surface area (Å²) in [7, 11) is 0. The molecular formula is C13H25N3. The summed E-state index contributed by atoms with van der Waals surface area (Å²) >= 11 is 0. The van der Waals surface area contributed by atoms with E-state index in [1.165, 1.54) is 12.8 Å². The average Bonchev–Trinajstić information content (AvgIpc) is 3.01. The topological polar surface area (TPSA) is 39.1 Å². The zero-order valence-corrected chi connectivity index (χ0v) is 11.1. The van der Waals surface area contributed by atoms with E-state index in [0.717, 1.165) is 19.5 Å². The smallest absolute Gasteiger partial charge is 0.116 e. The molecule has 1 saturated carbocycles. The van der Waals surface area contributed by atoms with Crippen molar-refractivity contribution in [2.75, 3.05) is 13.1 Å². The van der Waals surface area contributed by atoms with Gasteiger partial charge in [-0.1, -0.05) is 6.92 Å². The number of hydrogen-bond donors (Lipinski definition) is 1. The van der Waals surface area contributed by atoms with Crippen molar-refractivity contribution in [3.05, 3.63) is 0 Å². The first-order valence-corrected chi connectivity index (χ1v) is 6.43. The molecule has 1 rings (SSSR count). The summed E-state index contributed by atoms with van der Waals surface area (Å²) in [6.07, 6.45) is 3.60. The summed E-state index contributed by atoms with van der Waals surface area (Å²) in [4.78, 5) is 2.39. The third-order valence-electron chi connectivity index (χ3n) is 3.11. The van der Waals surface area contributed by atoms with Crippen molar-refractivity contribution in [2.45, 2.75) is 64.6 Å². The van der Waals surface area contributed by atoms with E-state index in [1.54, 1.807) is 0 Å². The van der Waals surface area contributed by atoms with Crippen molar-refractivity contribution < 1.29 is 0 Å². The van der Waals surface area contributed by atoms with Crippen molar-refractivity contribution in [1.82, 2.24) is 10.2 Å². The fraction of sp³-hybridized carbons (Fsp3) is 0.923. The Balaban J connectivity index is 2.54. The highest BCUT2D eigenvalue weighted by molar-refractivity contribution is 5.09. The molecule has 1 N–H and O–H groups in total. The Kier molecular flexibility index (Phi) is 4.76. The van der Waals surface area contributed by atoms with Gasteiger partial charge in [0.05, 0.1) is 6.07 Å². The molecule has 0 aromatic rings. The van der Waals surface area contributed by atoms with Gasteiger partial charge in [-0.3, -0.25) is 10.2 Å². The van der Waals surface area contributed by atoms with Gasteiger partial charge < -0.3 is 0 Å². The van der Waals surface area contributed by atoms with E-state index < -0.39 is 0 Å². The van der Waals surface area contributed by atoms with Crippen LogP contribution in [0.4, 0.5) is 0 Å². The molecule has 1 atom stereocenters. The first kappa shape index (κ1) is 13.5. The van der Waals surface area contributed by atoms with Crippen LogP contribution in [-0.4, -0.2) is 35.6 Å². The summed E-state index contributed by atoms with van der Waals surface area (Å²) in [6, 6.07) is 3.53. The van der Waals surface area contributed by atoms with E-state index in [9.17, 15) is 5.26 Å². The second kappa shape index (κ2) is 5.65. The Labute approximate surface area is 99.8 Å². The third-order valence-corrected chi connectivity index (χ3v) is 3.11. The van der Waals surface area contributed by atoms with Crippen LogP contribution in [0.3, 0.4) is 0 Å². The molecular weight excluding hydrogens is 198 g/mol. The van der Waals surface area contributed by atoms with Gasteiger partial charge >= 0.3 is 0 Å². The van der Waals surface area contributed by atoms with Crippen LogP contribution in [0.5, 0.6) is 0 Å². The van der Waals surface area contributed by atoms with E-state index in [4.69, 9.17) is 0 Å². The lowest BCUT2D eigenvalue weighted by atomic mass is 10.0. The fourth-order valence-corrected chi connectivity index (χ4v) is 2.00. The van der Waals surface area contributed by atoms with E-state index in [2.05, 4.69) is 37.1 Å². The van der Waals surface area contributed by atoms with Gasteiger partial charge in [-0.2, -0.15) is 5.26 Å². The number of nitrogens with zero attached hydrogens (tertiary/aromatic N) is 2. The number of hydrogen-bond acceptors (Lipinski definition) is 3. The number of nitriles is 1. The van der Waals surface area contributed by atoms with Crippen molar-refractivity contribution in [1.29, 1.82) is 5.26 Å². The number of nitrogens with one attached hydrogen (secondary N) is 1. The van der Waals surface area contributed by atoms with Gasteiger partial charge in [-0.25, -0.2) is 0 Å². The Morgan fingerprint density at radius 2 is 2.12 bits per heavy atom. The molecule has 0 saturated heterocycles. The van der Waals surface area contributed by atoms with E-state index >= 15 is 0 Å². The van der Waals surface area contributed by atoms with Crippen molar-refractivity contribution in [3.8, 4) is 6.07 Å². The van der Waals surface area contributed by atoms with Crippen LogP contribution in [0, 0.1) is 11.3 Å². The molecule has 0 aromatic heterocycles. The average molecular weight is 223 g/mol. The highest BCUT2D eigenvalue weighted by Crippen LogP contribution is 2.23. The molecule has 0 aromatic carbocycles. The van der Waals surface area contributed by atoms with Gasteiger partial charge in [-0.05, 0) is 46.6 Å². The molecule has 1 fully saturated rings. The molecule has 0 spiro atoms. The van der Waals surface area contributed by atoms with Gasteiger partial charge in [0.1, 0.15) is 5.54 Å². The highest BCUT2D eigenvalue weighted by atomic mass is 15.2. The summed E-state index contributed by atoms with van der Waals surface area (Å²) in [5.41, 5.74) is -0.388. The fourth-order valence-electron chi connectivity index (χ4n) is 2.00. The monoisotopic (exact) mass is 223 g/mol. The highest BCUT2D eigenvalue weighted by Gasteiger charge is 2.34. The SMILES string of the molecule is CCCN(CC(C)(C#N)NC1CC1)C(C)C. The summed E-state index contributed by atoms with van der Waals surface area (Å²) in [6.45, 7) is 10.5. The molecule has 1 aliphatic carbocycles. The minimum absolute atomic E-state index is 0.388. The molecule has 16 heavy (non-hydrogen) atoms. The van der Waals surface area contributed by atoms with E-state index in [0.29, 0.717) is 12.1 Å². The summed E-state index contributed by atoms with van der Waals surface area (Å²) < 4.78 is 0. The molecule has 0 aliphatic heterocycles. The molecule has 92 valence electrons. The maximum atomic E-state index is 9.32. The Bertz CT molecular complexity index is 252. The summed E-state index contributed by atoms with van der Waals surface area (Å²) in [5, 5.41) is 12.8. The van der Waals surface area contributed by atoms with Crippen molar-refractivity contribution in [2.24, 2.45) is 0 Å². The van der Waals surface area contributed by atoms with Gasteiger partial charge in [0.15, 0.2) is 0 Å². The van der Waals surface area contributed by atoms with Gasteiger partial charge in [0, 0.05) is 18.6 Å². The van der Waals surface area contributed by atoms with Crippen molar-refractivity contribution >= 4 is 0 Å². The summed E-state index contributed by atoms with van der Waals surface area (Å²) in [5.74, 6) is 0.